The minimum atomic E-state index is -0.685. The van der Waals surface area contributed by atoms with Crippen molar-refractivity contribution in [3.63, 3.8) is 0 Å². The Labute approximate surface area is 84.5 Å². The SMILES string of the molecule is NCC(O)c1cc(Br)ccc1Cl. The lowest BCUT2D eigenvalue weighted by molar-refractivity contribution is 0.187. The van der Waals surface area contributed by atoms with Crippen molar-refractivity contribution in [1.29, 1.82) is 0 Å². The summed E-state index contributed by atoms with van der Waals surface area (Å²) in [4.78, 5) is 0. The van der Waals surface area contributed by atoms with Crippen LogP contribution in [-0.2, 0) is 0 Å². The third-order valence-corrected chi connectivity index (χ3v) is 2.38. The van der Waals surface area contributed by atoms with Gasteiger partial charge in [-0.3, -0.25) is 0 Å². The highest BCUT2D eigenvalue weighted by atomic mass is 79.9. The quantitative estimate of drug-likeness (QED) is 0.844. The molecule has 0 saturated carbocycles. The summed E-state index contributed by atoms with van der Waals surface area (Å²) < 4.78 is 0.884. The third-order valence-electron chi connectivity index (χ3n) is 1.54. The molecule has 12 heavy (non-hydrogen) atoms. The molecule has 0 spiro atoms. The molecule has 0 saturated heterocycles. The molecule has 0 radical (unpaired) electrons. The van der Waals surface area contributed by atoms with Crippen LogP contribution in [0.1, 0.15) is 11.7 Å². The van der Waals surface area contributed by atoms with Crippen molar-refractivity contribution < 1.29 is 5.11 Å². The molecule has 1 unspecified atom stereocenters. The summed E-state index contributed by atoms with van der Waals surface area (Å²) in [5.41, 5.74) is 5.96. The molecule has 0 aliphatic rings. The molecule has 1 atom stereocenters. The lowest BCUT2D eigenvalue weighted by Gasteiger charge is -2.09. The zero-order valence-electron chi connectivity index (χ0n) is 6.30. The summed E-state index contributed by atoms with van der Waals surface area (Å²) in [5, 5.41) is 9.94. The van der Waals surface area contributed by atoms with Crippen LogP contribution < -0.4 is 5.73 Å². The predicted octanol–water partition coefficient (Wildman–Crippen LogP) is 2.09. The average Bonchev–Trinajstić information content (AvgIpc) is 2.08. The Morgan fingerprint density at radius 2 is 2.25 bits per heavy atom. The molecule has 0 fully saturated rings. The number of halogens is 2. The fourth-order valence-electron chi connectivity index (χ4n) is 0.897. The van der Waals surface area contributed by atoms with E-state index >= 15 is 0 Å². The highest BCUT2D eigenvalue weighted by Crippen LogP contribution is 2.25. The lowest BCUT2D eigenvalue weighted by Crippen LogP contribution is -2.11. The molecule has 0 amide bonds. The first-order valence-electron chi connectivity index (χ1n) is 3.48. The second-order valence-corrected chi connectivity index (χ2v) is 3.74. The smallest absolute Gasteiger partial charge is 0.0926 e. The molecule has 1 aromatic carbocycles. The molecule has 1 aromatic rings. The minimum Gasteiger partial charge on any atom is -0.387 e. The molecule has 1 rings (SSSR count). The number of rotatable bonds is 2. The van der Waals surface area contributed by atoms with Gasteiger partial charge in [0.25, 0.3) is 0 Å². The molecular weight excluding hydrogens is 241 g/mol. The van der Waals surface area contributed by atoms with Gasteiger partial charge in [-0.2, -0.15) is 0 Å². The van der Waals surface area contributed by atoms with Crippen molar-refractivity contribution in [2.45, 2.75) is 6.10 Å². The Hall–Kier alpha value is -0.0900. The van der Waals surface area contributed by atoms with Gasteiger partial charge in [-0.25, -0.2) is 0 Å². The Bertz CT molecular complexity index is 280. The second-order valence-electron chi connectivity index (χ2n) is 2.42. The number of hydrogen-bond donors (Lipinski definition) is 2. The number of benzene rings is 1. The number of nitrogens with two attached hydrogens (primary N) is 1. The molecule has 4 heteroatoms. The van der Waals surface area contributed by atoms with Crippen LogP contribution in [0.5, 0.6) is 0 Å². The lowest BCUT2D eigenvalue weighted by atomic mass is 10.1. The molecule has 0 bridgehead atoms. The van der Waals surface area contributed by atoms with E-state index in [-0.39, 0.29) is 6.54 Å². The van der Waals surface area contributed by atoms with Gasteiger partial charge in [0.1, 0.15) is 0 Å². The Morgan fingerprint density at radius 1 is 1.58 bits per heavy atom. The highest BCUT2D eigenvalue weighted by molar-refractivity contribution is 9.10. The maximum absolute atomic E-state index is 9.40. The van der Waals surface area contributed by atoms with Gasteiger partial charge >= 0.3 is 0 Å². The van der Waals surface area contributed by atoms with E-state index in [0.717, 1.165) is 4.47 Å². The molecule has 66 valence electrons. The zero-order chi connectivity index (χ0) is 9.14. The average molecular weight is 251 g/mol. The van der Waals surface area contributed by atoms with Gasteiger partial charge < -0.3 is 10.8 Å². The summed E-state index contributed by atoms with van der Waals surface area (Å²) in [6.45, 7) is 0.177. The van der Waals surface area contributed by atoms with Gasteiger partial charge in [-0.1, -0.05) is 27.5 Å². The fourth-order valence-corrected chi connectivity index (χ4v) is 1.52. The van der Waals surface area contributed by atoms with E-state index in [1.54, 1.807) is 12.1 Å². The molecule has 0 heterocycles. The van der Waals surface area contributed by atoms with Crippen molar-refractivity contribution in [2.24, 2.45) is 5.73 Å². The largest absolute Gasteiger partial charge is 0.387 e. The zero-order valence-corrected chi connectivity index (χ0v) is 8.64. The van der Waals surface area contributed by atoms with Crippen LogP contribution >= 0.6 is 27.5 Å². The van der Waals surface area contributed by atoms with Crippen LogP contribution in [0.25, 0.3) is 0 Å². The monoisotopic (exact) mass is 249 g/mol. The first-order chi connectivity index (χ1) is 5.65. The standard InChI is InChI=1S/C8H9BrClNO/c9-5-1-2-7(10)6(3-5)8(12)4-11/h1-3,8,12H,4,11H2. The normalized spacial score (nSPS) is 13.0. The van der Waals surface area contributed by atoms with E-state index in [9.17, 15) is 5.11 Å². The van der Waals surface area contributed by atoms with Crippen LogP contribution in [0, 0.1) is 0 Å². The highest BCUT2D eigenvalue weighted by Gasteiger charge is 2.09. The van der Waals surface area contributed by atoms with Crippen molar-refractivity contribution in [3.8, 4) is 0 Å². The number of hydrogen-bond acceptors (Lipinski definition) is 2. The Balaban J connectivity index is 3.04. The molecular formula is C8H9BrClNO. The number of aliphatic hydroxyl groups is 1. The van der Waals surface area contributed by atoms with E-state index in [1.807, 2.05) is 6.07 Å². The fraction of sp³-hybridized carbons (Fsp3) is 0.250. The van der Waals surface area contributed by atoms with Crippen molar-refractivity contribution >= 4 is 27.5 Å². The van der Waals surface area contributed by atoms with Crippen LogP contribution in [0.15, 0.2) is 22.7 Å². The van der Waals surface area contributed by atoms with Gasteiger partial charge in [0.15, 0.2) is 0 Å². The maximum atomic E-state index is 9.40. The van der Waals surface area contributed by atoms with E-state index in [4.69, 9.17) is 17.3 Å². The van der Waals surface area contributed by atoms with Gasteiger partial charge in [0.2, 0.25) is 0 Å². The first-order valence-corrected chi connectivity index (χ1v) is 4.65. The molecule has 0 aromatic heterocycles. The topological polar surface area (TPSA) is 46.2 Å². The summed E-state index contributed by atoms with van der Waals surface area (Å²) in [6, 6.07) is 5.30. The summed E-state index contributed by atoms with van der Waals surface area (Å²) in [6.07, 6.45) is -0.685. The summed E-state index contributed by atoms with van der Waals surface area (Å²) in [5.74, 6) is 0. The molecule has 0 aliphatic carbocycles. The first kappa shape index (κ1) is 9.99. The van der Waals surface area contributed by atoms with Crippen molar-refractivity contribution in [3.05, 3.63) is 33.3 Å². The Kier molecular flexibility index (Phi) is 3.53. The third kappa shape index (κ3) is 2.20. The number of aliphatic hydroxyl groups excluding tert-OH is 1. The van der Waals surface area contributed by atoms with Gasteiger partial charge in [-0.05, 0) is 18.2 Å². The van der Waals surface area contributed by atoms with Crippen LogP contribution in [0.4, 0.5) is 0 Å². The van der Waals surface area contributed by atoms with Gasteiger partial charge in [-0.15, -0.1) is 0 Å². The summed E-state index contributed by atoms with van der Waals surface area (Å²) in [7, 11) is 0. The van der Waals surface area contributed by atoms with Gasteiger partial charge in [0, 0.05) is 21.6 Å². The minimum absolute atomic E-state index is 0.177. The second kappa shape index (κ2) is 4.23. The van der Waals surface area contributed by atoms with Gasteiger partial charge in [0.05, 0.1) is 6.10 Å². The molecule has 3 N–H and O–H groups in total. The van der Waals surface area contributed by atoms with E-state index in [1.165, 1.54) is 0 Å². The van der Waals surface area contributed by atoms with Crippen molar-refractivity contribution in [2.75, 3.05) is 6.54 Å². The maximum Gasteiger partial charge on any atom is 0.0926 e. The Morgan fingerprint density at radius 3 is 2.83 bits per heavy atom. The van der Waals surface area contributed by atoms with Crippen LogP contribution in [-0.4, -0.2) is 11.7 Å². The van der Waals surface area contributed by atoms with Crippen LogP contribution in [0.2, 0.25) is 5.02 Å². The van der Waals surface area contributed by atoms with E-state index < -0.39 is 6.10 Å². The van der Waals surface area contributed by atoms with Crippen LogP contribution in [0.3, 0.4) is 0 Å². The summed E-state index contributed by atoms with van der Waals surface area (Å²) >= 11 is 9.12. The van der Waals surface area contributed by atoms with Crippen molar-refractivity contribution in [1.82, 2.24) is 0 Å². The molecule has 0 aliphatic heterocycles. The van der Waals surface area contributed by atoms with E-state index in [0.29, 0.717) is 10.6 Å². The molecule has 2 nitrogen and oxygen atoms in total. The van der Waals surface area contributed by atoms with E-state index in [2.05, 4.69) is 15.9 Å². The predicted molar refractivity (Wildman–Crippen MR) is 53.2 cm³/mol.